The first-order valence-corrected chi connectivity index (χ1v) is 5.66. The topological polar surface area (TPSA) is 64.9 Å². The Morgan fingerprint density at radius 1 is 1.31 bits per heavy atom. The number of benzene rings is 1. The van der Waals surface area contributed by atoms with Gasteiger partial charge in [-0.2, -0.15) is 4.98 Å². The van der Waals surface area contributed by atoms with Crippen LogP contribution in [0, 0.1) is 0 Å². The molecular formula is C11H12BrN3O. The minimum absolute atomic E-state index is 0.429. The van der Waals surface area contributed by atoms with Crippen LogP contribution in [-0.2, 0) is 5.54 Å². The second-order valence-electron chi connectivity index (χ2n) is 4.12. The molecule has 0 aliphatic carbocycles. The van der Waals surface area contributed by atoms with Crippen molar-refractivity contribution in [3.8, 4) is 11.4 Å². The summed E-state index contributed by atoms with van der Waals surface area (Å²) < 4.78 is 6.06. The lowest BCUT2D eigenvalue weighted by atomic mass is 10.1. The van der Waals surface area contributed by atoms with Crippen LogP contribution < -0.4 is 5.73 Å². The smallest absolute Gasteiger partial charge is 0.246 e. The van der Waals surface area contributed by atoms with E-state index in [1.807, 2.05) is 38.1 Å². The molecule has 1 heterocycles. The van der Waals surface area contributed by atoms with Crippen LogP contribution >= 0.6 is 15.9 Å². The minimum atomic E-state index is -0.619. The van der Waals surface area contributed by atoms with E-state index in [0.717, 1.165) is 10.0 Å². The van der Waals surface area contributed by atoms with Crippen molar-refractivity contribution >= 4 is 15.9 Å². The zero-order chi connectivity index (χ0) is 11.8. The van der Waals surface area contributed by atoms with Crippen molar-refractivity contribution in [3.63, 3.8) is 0 Å². The second kappa shape index (κ2) is 3.99. The zero-order valence-electron chi connectivity index (χ0n) is 9.07. The van der Waals surface area contributed by atoms with Crippen molar-refractivity contribution in [2.45, 2.75) is 19.4 Å². The highest BCUT2D eigenvalue weighted by atomic mass is 79.9. The van der Waals surface area contributed by atoms with E-state index in [1.165, 1.54) is 0 Å². The molecule has 0 aliphatic heterocycles. The first-order valence-electron chi connectivity index (χ1n) is 4.86. The van der Waals surface area contributed by atoms with Crippen LogP contribution in [0.3, 0.4) is 0 Å². The van der Waals surface area contributed by atoms with Gasteiger partial charge in [-0.15, -0.1) is 0 Å². The van der Waals surface area contributed by atoms with Crippen LogP contribution in [0.5, 0.6) is 0 Å². The molecule has 0 aliphatic rings. The molecule has 1 aromatic heterocycles. The number of hydrogen-bond donors (Lipinski definition) is 1. The Bertz CT molecular complexity index is 502. The third-order valence-electron chi connectivity index (χ3n) is 2.09. The van der Waals surface area contributed by atoms with Crippen LogP contribution in [0.2, 0.25) is 0 Å². The largest absolute Gasteiger partial charge is 0.337 e. The summed E-state index contributed by atoms with van der Waals surface area (Å²) in [7, 11) is 0. The van der Waals surface area contributed by atoms with Crippen LogP contribution in [0.1, 0.15) is 19.7 Å². The van der Waals surface area contributed by atoms with Gasteiger partial charge in [-0.25, -0.2) is 0 Å². The lowest BCUT2D eigenvalue weighted by Crippen LogP contribution is -2.28. The fourth-order valence-electron chi connectivity index (χ4n) is 1.24. The van der Waals surface area contributed by atoms with Gasteiger partial charge in [0.1, 0.15) is 0 Å². The molecule has 2 aromatic rings. The number of nitrogens with two attached hydrogens (primary N) is 1. The lowest BCUT2D eigenvalue weighted by Gasteiger charge is -2.10. The van der Waals surface area contributed by atoms with Gasteiger partial charge in [0.15, 0.2) is 0 Å². The molecule has 0 bridgehead atoms. The van der Waals surface area contributed by atoms with Crippen LogP contribution in [0.25, 0.3) is 11.4 Å². The second-order valence-corrected chi connectivity index (χ2v) is 4.98. The molecule has 16 heavy (non-hydrogen) atoms. The molecule has 2 N–H and O–H groups in total. The maximum atomic E-state index is 5.88. The predicted octanol–water partition coefficient (Wildman–Crippen LogP) is 2.69. The van der Waals surface area contributed by atoms with Gasteiger partial charge in [-0.05, 0) is 26.0 Å². The molecule has 0 fully saturated rings. The van der Waals surface area contributed by atoms with Gasteiger partial charge in [0.2, 0.25) is 11.7 Å². The van der Waals surface area contributed by atoms with E-state index in [-0.39, 0.29) is 0 Å². The lowest BCUT2D eigenvalue weighted by molar-refractivity contribution is 0.312. The quantitative estimate of drug-likeness (QED) is 0.919. The fourth-order valence-corrected chi connectivity index (χ4v) is 1.70. The van der Waals surface area contributed by atoms with Gasteiger partial charge in [0.05, 0.1) is 5.54 Å². The SMILES string of the molecule is CC(C)(N)c1nc(-c2ccccc2Br)no1. The molecule has 0 amide bonds. The highest BCUT2D eigenvalue weighted by Crippen LogP contribution is 2.26. The molecular weight excluding hydrogens is 270 g/mol. The van der Waals surface area contributed by atoms with Crippen molar-refractivity contribution in [2.24, 2.45) is 5.73 Å². The average Bonchev–Trinajstić information content (AvgIpc) is 2.66. The summed E-state index contributed by atoms with van der Waals surface area (Å²) in [4.78, 5) is 4.28. The van der Waals surface area contributed by atoms with E-state index in [0.29, 0.717) is 11.7 Å². The predicted molar refractivity (Wildman–Crippen MR) is 64.6 cm³/mol. The molecule has 1 aromatic carbocycles. The Morgan fingerprint density at radius 3 is 2.56 bits per heavy atom. The molecule has 5 heteroatoms. The standard InChI is InChI=1S/C11H12BrN3O/c1-11(2,13)10-14-9(15-16-10)7-5-3-4-6-8(7)12/h3-6H,13H2,1-2H3. The maximum absolute atomic E-state index is 5.88. The summed E-state index contributed by atoms with van der Waals surface area (Å²) in [6.45, 7) is 3.65. The first-order chi connectivity index (χ1) is 7.48. The Kier molecular flexibility index (Phi) is 2.82. The molecule has 0 saturated carbocycles. The Morgan fingerprint density at radius 2 is 2.00 bits per heavy atom. The fraction of sp³-hybridized carbons (Fsp3) is 0.273. The monoisotopic (exact) mass is 281 g/mol. The third-order valence-corrected chi connectivity index (χ3v) is 2.78. The molecule has 0 atom stereocenters. The van der Waals surface area contributed by atoms with Crippen molar-refractivity contribution in [1.29, 1.82) is 0 Å². The van der Waals surface area contributed by atoms with Gasteiger partial charge in [0.25, 0.3) is 0 Å². The molecule has 0 unspecified atom stereocenters. The van der Waals surface area contributed by atoms with Gasteiger partial charge < -0.3 is 10.3 Å². The van der Waals surface area contributed by atoms with E-state index < -0.39 is 5.54 Å². The summed E-state index contributed by atoms with van der Waals surface area (Å²) in [5.74, 6) is 0.972. The van der Waals surface area contributed by atoms with Crippen molar-refractivity contribution in [2.75, 3.05) is 0 Å². The van der Waals surface area contributed by atoms with E-state index in [1.54, 1.807) is 0 Å². The minimum Gasteiger partial charge on any atom is -0.337 e. The van der Waals surface area contributed by atoms with E-state index in [4.69, 9.17) is 10.3 Å². The number of nitrogens with zero attached hydrogens (tertiary/aromatic N) is 2. The first kappa shape index (κ1) is 11.3. The summed E-state index contributed by atoms with van der Waals surface area (Å²) in [6, 6.07) is 7.70. The average molecular weight is 282 g/mol. The highest BCUT2D eigenvalue weighted by Gasteiger charge is 2.23. The van der Waals surface area contributed by atoms with Crippen LogP contribution in [0.15, 0.2) is 33.3 Å². The number of rotatable bonds is 2. The third kappa shape index (κ3) is 2.15. The zero-order valence-corrected chi connectivity index (χ0v) is 10.7. The molecule has 84 valence electrons. The molecule has 0 saturated heterocycles. The van der Waals surface area contributed by atoms with Crippen LogP contribution in [0.4, 0.5) is 0 Å². The summed E-state index contributed by atoms with van der Waals surface area (Å²) in [5.41, 5.74) is 6.15. The van der Waals surface area contributed by atoms with Gasteiger partial charge in [-0.3, -0.25) is 0 Å². The summed E-state index contributed by atoms with van der Waals surface area (Å²) >= 11 is 3.44. The summed E-state index contributed by atoms with van der Waals surface area (Å²) in [6.07, 6.45) is 0. The maximum Gasteiger partial charge on any atom is 0.246 e. The van der Waals surface area contributed by atoms with Gasteiger partial charge in [0, 0.05) is 10.0 Å². The normalized spacial score (nSPS) is 11.8. The summed E-state index contributed by atoms with van der Waals surface area (Å²) in [5, 5.41) is 3.92. The van der Waals surface area contributed by atoms with Gasteiger partial charge in [-0.1, -0.05) is 33.2 Å². The van der Waals surface area contributed by atoms with Crippen LogP contribution in [-0.4, -0.2) is 10.1 Å². The van der Waals surface area contributed by atoms with Crippen molar-refractivity contribution in [3.05, 3.63) is 34.6 Å². The van der Waals surface area contributed by atoms with E-state index in [2.05, 4.69) is 26.1 Å². The number of halogens is 1. The van der Waals surface area contributed by atoms with E-state index in [9.17, 15) is 0 Å². The Labute approximate surface area is 102 Å². The molecule has 0 spiro atoms. The number of aromatic nitrogens is 2. The molecule has 2 rings (SSSR count). The molecule has 0 radical (unpaired) electrons. The van der Waals surface area contributed by atoms with Gasteiger partial charge >= 0.3 is 0 Å². The molecule has 4 nitrogen and oxygen atoms in total. The van der Waals surface area contributed by atoms with E-state index >= 15 is 0 Å². The Balaban J connectivity index is 2.44. The van der Waals surface area contributed by atoms with Crippen molar-refractivity contribution < 1.29 is 4.52 Å². The highest BCUT2D eigenvalue weighted by molar-refractivity contribution is 9.10. The Hall–Kier alpha value is -1.20. The number of hydrogen-bond acceptors (Lipinski definition) is 4. The van der Waals surface area contributed by atoms with Crippen molar-refractivity contribution in [1.82, 2.24) is 10.1 Å².